The van der Waals surface area contributed by atoms with Gasteiger partial charge in [-0.3, -0.25) is 4.79 Å². The minimum absolute atomic E-state index is 0.00145. The van der Waals surface area contributed by atoms with Crippen LogP contribution in [0.4, 0.5) is 0 Å². The van der Waals surface area contributed by atoms with E-state index in [9.17, 15) is 4.79 Å². The highest BCUT2D eigenvalue weighted by molar-refractivity contribution is 6.31. The second-order valence-electron chi connectivity index (χ2n) is 9.27. The van der Waals surface area contributed by atoms with Crippen LogP contribution >= 0.6 is 11.6 Å². The number of ether oxygens (including phenoxy) is 1. The number of nitrogens with one attached hydrogen (secondary N) is 1. The summed E-state index contributed by atoms with van der Waals surface area (Å²) in [4.78, 5) is 17.4. The van der Waals surface area contributed by atoms with Gasteiger partial charge in [-0.2, -0.15) is 0 Å². The zero-order valence-corrected chi connectivity index (χ0v) is 22.1. The van der Waals surface area contributed by atoms with Crippen LogP contribution in [0.3, 0.4) is 0 Å². The van der Waals surface area contributed by atoms with Crippen LogP contribution < -0.4 is 10.1 Å². The highest BCUT2D eigenvalue weighted by Gasteiger charge is 2.12. The van der Waals surface area contributed by atoms with Gasteiger partial charge < -0.3 is 14.6 Å². The third-order valence-electron chi connectivity index (χ3n) is 6.54. The number of fused-ring (bicyclic) bond motifs is 1. The molecule has 0 bridgehead atoms. The average Bonchev–Trinajstić information content (AvgIpc) is 3.29. The van der Waals surface area contributed by atoms with E-state index in [-0.39, 0.29) is 5.91 Å². The first-order valence-electron chi connectivity index (χ1n) is 12.8. The maximum Gasteiger partial charge on any atom is 0.224 e. The van der Waals surface area contributed by atoms with Gasteiger partial charge in [-0.05, 0) is 59.5 Å². The molecular formula is C32H30ClN3O2. The summed E-state index contributed by atoms with van der Waals surface area (Å²) in [6.45, 7) is 3.63. The molecular weight excluding hydrogens is 494 g/mol. The van der Waals surface area contributed by atoms with Gasteiger partial charge in [0.1, 0.15) is 18.2 Å². The molecule has 1 heterocycles. The molecule has 5 rings (SSSR count). The highest BCUT2D eigenvalue weighted by atomic mass is 35.5. The van der Waals surface area contributed by atoms with Gasteiger partial charge in [0.05, 0.1) is 24.0 Å². The van der Waals surface area contributed by atoms with Gasteiger partial charge in [-0.15, -0.1) is 0 Å². The standard InChI is InChI=1S/C32H30ClN3O2/c1-23-21-27(15-16-28(23)33)38-20-19-36-30-10-6-5-9-29(30)35-31(36)17-18-34-32(37)22-24-11-13-26(14-12-24)25-7-3-2-4-8-25/h2-16,21H,17-20,22H2,1H3,(H,34,37). The number of halogens is 1. The number of benzene rings is 4. The number of rotatable bonds is 10. The van der Waals surface area contributed by atoms with E-state index in [2.05, 4.69) is 40.2 Å². The zero-order chi connectivity index (χ0) is 26.3. The fourth-order valence-corrected chi connectivity index (χ4v) is 4.65. The van der Waals surface area contributed by atoms with E-state index in [1.807, 2.05) is 73.7 Å². The summed E-state index contributed by atoms with van der Waals surface area (Å²) in [5.41, 5.74) is 6.28. The van der Waals surface area contributed by atoms with Crippen molar-refractivity contribution in [1.82, 2.24) is 14.9 Å². The smallest absolute Gasteiger partial charge is 0.224 e. The fourth-order valence-electron chi connectivity index (χ4n) is 4.53. The van der Waals surface area contributed by atoms with Gasteiger partial charge in [-0.25, -0.2) is 4.98 Å². The van der Waals surface area contributed by atoms with Crippen molar-refractivity contribution in [1.29, 1.82) is 0 Å². The molecule has 0 unspecified atom stereocenters. The van der Waals surface area contributed by atoms with Crippen LogP contribution in [-0.4, -0.2) is 28.6 Å². The first-order valence-corrected chi connectivity index (χ1v) is 13.2. The monoisotopic (exact) mass is 523 g/mol. The predicted octanol–water partition coefficient (Wildman–Crippen LogP) is 6.65. The van der Waals surface area contributed by atoms with E-state index < -0.39 is 0 Å². The van der Waals surface area contributed by atoms with E-state index in [0.717, 1.165) is 44.3 Å². The van der Waals surface area contributed by atoms with Crippen LogP contribution in [0, 0.1) is 6.92 Å². The normalized spacial score (nSPS) is 11.0. The number of nitrogens with zero attached hydrogens (tertiary/aromatic N) is 2. The molecule has 0 aliphatic rings. The van der Waals surface area contributed by atoms with Crippen molar-refractivity contribution in [2.45, 2.75) is 26.3 Å². The molecule has 1 amide bonds. The minimum atomic E-state index is 0.00145. The Morgan fingerprint density at radius 2 is 1.66 bits per heavy atom. The lowest BCUT2D eigenvalue weighted by atomic mass is 10.0. The van der Waals surface area contributed by atoms with Crippen LogP contribution in [0.15, 0.2) is 97.1 Å². The van der Waals surface area contributed by atoms with Crippen LogP contribution in [0.2, 0.25) is 5.02 Å². The summed E-state index contributed by atoms with van der Waals surface area (Å²) < 4.78 is 8.16. The molecule has 0 saturated carbocycles. The summed E-state index contributed by atoms with van der Waals surface area (Å²) in [6, 6.07) is 32.1. The van der Waals surface area contributed by atoms with Gasteiger partial charge in [0, 0.05) is 18.0 Å². The van der Waals surface area contributed by atoms with Crippen molar-refractivity contribution in [3.05, 3.63) is 119 Å². The number of imidazole rings is 1. The molecule has 0 spiro atoms. The molecule has 0 saturated heterocycles. The van der Waals surface area contributed by atoms with Gasteiger partial charge in [0.25, 0.3) is 0 Å². The average molecular weight is 524 g/mol. The second-order valence-corrected chi connectivity index (χ2v) is 9.67. The third kappa shape index (κ3) is 6.24. The summed E-state index contributed by atoms with van der Waals surface area (Å²) in [5.74, 6) is 1.72. The Morgan fingerprint density at radius 3 is 2.45 bits per heavy atom. The topological polar surface area (TPSA) is 56.1 Å². The number of carbonyl (C=O) groups excluding carboxylic acids is 1. The summed E-state index contributed by atoms with van der Waals surface area (Å²) in [5, 5.41) is 3.78. The molecule has 1 aromatic heterocycles. The van der Waals surface area contributed by atoms with Crippen molar-refractivity contribution >= 4 is 28.5 Å². The molecule has 0 aliphatic heterocycles. The summed E-state index contributed by atoms with van der Waals surface area (Å²) in [7, 11) is 0. The number of amides is 1. The molecule has 6 heteroatoms. The molecule has 0 atom stereocenters. The van der Waals surface area contributed by atoms with Crippen LogP contribution in [0.5, 0.6) is 5.75 Å². The quantitative estimate of drug-likeness (QED) is 0.223. The Morgan fingerprint density at radius 1 is 0.921 bits per heavy atom. The number of carbonyl (C=O) groups is 1. The maximum atomic E-state index is 12.6. The van der Waals surface area contributed by atoms with Gasteiger partial charge in [0.2, 0.25) is 5.91 Å². The molecule has 4 aromatic carbocycles. The minimum Gasteiger partial charge on any atom is -0.492 e. The van der Waals surface area contributed by atoms with Crippen LogP contribution in [0.1, 0.15) is 17.0 Å². The number of aromatic nitrogens is 2. The van der Waals surface area contributed by atoms with E-state index >= 15 is 0 Å². The van der Waals surface area contributed by atoms with Gasteiger partial charge in [-0.1, -0.05) is 78.3 Å². The van der Waals surface area contributed by atoms with Crippen LogP contribution in [0.25, 0.3) is 22.2 Å². The highest BCUT2D eigenvalue weighted by Crippen LogP contribution is 2.22. The third-order valence-corrected chi connectivity index (χ3v) is 6.97. The van der Waals surface area contributed by atoms with E-state index in [1.165, 1.54) is 5.56 Å². The Balaban J connectivity index is 1.17. The SMILES string of the molecule is Cc1cc(OCCn2c(CCNC(=O)Cc3ccc(-c4ccccc4)cc3)nc3ccccc32)ccc1Cl. The largest absolute Gasteiger partial charge is 0.492 e. The molecule has 38 heavy (non-hydrogen) atoms. The van der Waals surface area contributed by atoms with Gasteiger partial charge in [0.15, 0.2) is 0 Å². The summed E-state index contributed by atoms with van der Waals surface area (Å²) in [6.07, 6.45) is 0.979. The molecule has 0 radical (unpaired) electrons. The van der Waals surface area contributed by atoms with E-state index in [4.69, 9.17) is 21.3 Å². The molecule has 0 aliphatic carbocycles. The fraction of sp³-hybridized carbons (Fsp3) is 0.188. The maximum absolute atomic E-state index is 12.6. The Hall–Kier alpha value is -4.09. The lowest BCUT2D eigenvalue weighted by Gasteiger charge is -2.12. The molecule has 5 nitrogen and oxygen atoms in total. The second kappa shape index (κ2) is 12.0. The Labute approximate surface area is 228 Å². The Kier molecular flexibility index (Phi) is 8.05. The molecule has 0 fully saturated rings. The number of aryl methyl sites for hydroxylation is 1. The molecule has 192 valence electrons. The summed E-state index contributed by atoms with van der Waals surface area (Å²) >= 11 is 6.13. The first kappa shape index (κ1) is 25.6. The van der Waals surface area contributed by atoms with Crippen molar-refractivity contribution in [2.24, 2.45) is 0 Å². The number of hydrogen-bond donors (Lipinski definition) is 1. The molecule has 1 N–H and O–H groups in total. The van der Waals surface area contributed by atoms with Crippen molar-refractivity contribution in [3.63, 3.8) is 0 Å². The van der Waals surface area contributed by atoms with Crippen molar-refractivity contribution < 1.29 is 9.53 Å². The Bertz CT molecular complexity index is 1530. The van der Waals surface area contributed by atoms with E-state index in [1.54, 1.807) is 0 Å². The van der Waals surface area contributed by atoms with Gasteiger partial charge >= 0.3 is 0 Å². The molecule has 5 aromatic rings. The lowest BCUT2D eigenvalue weighted by molar-refractivity contribution is -0.120. The number of hydrogen-bond acceptors (Lipinski definition) is 3. The number of para-hydroxylation sites is 2. The van der Waals surface area contributed by atoms with Crippen LogP contribution in [-0.2, 0) is 24.2 Å². The van der Waals surface area contributed by atoms with Crippen molar-refractivity contribution in [3.8, 4) is 16.9 Å². The first-order chi connectivity index (χ1) is 18.6. The van der Waals surface area contributed by atoms with Crippen molar-refractivity contribution in [2.75, 3.05) is 13.2 Å². The zero-order valence-electron chi connectivity index (χ0n) is 21.4. The lowest BCUT2D eigenvalue weighted by Crippen LogP contribution is -2.28. The predicted molar refractivity (Wildman–Crippen MR) is 154 cm³/mol. The van der Waals surface area contributed by atoms with E-state index in [0.29, 0.717) is 32.5 Å².